The summed E-state index contributed by atoms with van der Waals surface area (Å²) in [5, 5.41) is 7.01. The fourth-order valence-electron chi connectivity index (χ4n) is 5.69. The lowest BCUT2D eigenvalue weighted by molar-refractivity contribution is -0.141. The number of hydrogen-bond donors (Lipinski definition) is 1. The molecule has 0 radical (unpaired) electrons. The number of carbonyl (C=O) groups is 1. The van der Waals surface area contributed by atoms with E-state index in [0.29, 0.717) is 44.7 Å². The standard InChI is InChI=1S/C24H29F4N5O/c1-29-23(17-4-3-5-18(25)12-17)10-8-22(9-11-23)15-32(21(34)33(22)14-16-6-7-16)20-13-19(24(26,27)28)30-31(20)2/h3-5,12-13,16,29H,6-11,14-15H2,1-2H3. The van der Waals surface area contributed by atoms with Crippen LogP contribution in [0.1, 0.15) is 49.8 Å². The van der Waals surface area contributed by atoms with Gasteiger partial charge in [-0.05, 0) is 69.2 Å². The summed E-state index contributed by atoms with van der Waals surface area (Å²) in [4.78, 5) is 16.9. The second-order valence-electron chi connectivity index (χ2n) is 10.00. The highest BCUT2D eigenvalue weighted by atomic mass is 19.4. The van der Waals surface area contributed by atoms with Gasteiger partial charge < -0.3 is 10.2 Å². The lowest BCUT2D eigenvalue weighted by atomic mass is 9.69. The van der Waals surface area contributed by atoms with Crippen molar-refractivity contribution >= 4 is 11.8 Å². The third-order valence-electron chi connectivity index (χ3n) is 7.94. The van der Waals surface area contributed by atoms with Crippen molar-refractivity contribution in [2.75, 3.05) is 25.0 Å². The highest BCUT2D eigenvalue weighted by molar-refractivity contribution is 5.94. The number of nitrogens with one attached hydrogen (secondary N) is 1. The van der Waals surface area contributed by atoms with Crippen LogP contribution in [0.5, 0.6) is 0 Å². The van der Waals surface area contributed by atoms with Crippen molar-refractivity contribution < 1.29 is 22.4 Å². The number of anilines is 1. The zero-order valence-electron chi connectivity index (χ0n) is 19.3. The van der Waals surface area contributed by atoms with Gasteiger partial charge in [0.25, 0.3) is 0 Å². The Morgan fingerprint density at radius 1 is 1.15 bits per heavy atom. The molecule has 1 aromatic carbocycles. The molecule has 3 fully saturated rings. The molecule has 1 aliphatic heterocycles. The van der Waals surface area contributed by atoms with Crippen molar-refractivity contribution in [3.8, 4) is 0 Å². The molecule has 1 saturated heterocycles. The number of amides is 2. The molecule has 184 valence electrons. The monoisotopic (exact) mass is 479 g/mol. The van der Waals surface area contributed by atoms with Gasteiger partial charge in [0.05, 0.1) is 12.1 Å². The van der Waals surface area contributed by atoms with Crippen molar-refractivity contribution in [1.82, 2.24) is 20.0 Å². The highest BCUT2D eigenvalue weighted by Crippen LogP contribution is 2.49. The minimum Gasteiger partial charge on any atom is -0.317 e. The number of urea groups is 1. The van der Waals surface area contributed by atoms with E-state index in [1.165, 1.54) is 18.0 Å². The first-order valence-electron chi connectivity index (χ1n) is 11.7. The Balaban J connectivity index is 1.45. The number of rotatable bonds is 5. The Morgan fingerprint density at radius 3 is 2.41 bits per heavy atom. The van der Waals surface area contributed by atoms with Crippen LogP contribution < -0.4 is 10.2 Å². The van der Waals surface area contributed by atoms with Gasteiger partial charge in [0.1, 0.15) is 11.6 Å². The summed E-state index contributed by atoms with van der Waals surface area (Å²) in [5.41, 5.74) is -1.01. The quantitative estimate of drug-likeness (QED) is 0.635. The van der Waals surface area contributed by atoms with E-state index in [0.717, 1.165) is 29.2 Å². The van der Waals surface area contributed by atoms with Crippen LogP contribution >= 0.6 is 0 Å². The molecule has 0 bridgehead atoms. The zero-order valence-corrected chi connectivity index (χ0v) is 19.3. The van der Waals surface area contributed by atoms with Crippen molar-refractivity contribution in [2.24, 2.45) is 13.0 Å². The number of halogens is 4. The van der Waals surface area contributed by atoms with Crippen molar-refractivity contribution in [3.05, 3.63) is 47.4 Å². The van der Waals surface area contributed by atoms with Crippen LogP contribution in [0.2, 0.25) is 0 Å². The van der Waals surface area contributed by atoms with E-state index in [1.807, 2.05) is 18.0 Å². The van der Waals surface area contributed by atoms with E-state index in [9.17, 15) is 22.4 Å². The van der Waals surface area contributed by atoms with Crippen LogP contribution in [-0.2, 0) is 18.8 Å². The van der Waals surface area contributed by atoms with Crippen molar-refractivity contribution in [2.45, 2.75) is 55.8 Å². The van der Waals surface area contributed by atoms with Crippen LogP contribution in [0.15, 0.2) is 30.3 Å². The third-order valence-corrected chi connectivity index (χ3v) is 7.94. The number of benzene rings is 1. The number of hydrogen-bond acceptors (Lipinski definition) is 3. The zero-order chi connectivity index (χ0) is 24.3. The summed E-state index contributed by atoms with van der Waals surface area (Å²) in [5.74, 6) is 0.310. The Hall–Kier alpha value is -2.62. The first-order valence-corrected chi connectivity index (χ1v) is 11.7. The molecule has 2 aliphatic carbocycles. The first-order chi connectivity index (χ1) is 16.1. The van der Waals surface area contributed by atoms with Crippen molar-refractivity contribution in [1.29, 1.82) is 0 Å². The molecular formula is C24H29F4N5O. The van der Waals surface area contributed by atoms with Crippen LogP contribution in [0.3, 0.4) is 0 Å². The molecule has 1 aromatic heterocycles. The van der Waals surface area contributed by atoms with Crippen LogP contribution in [-0.4, -0.2) is 46.4 Å². The first kappa shape index (κ1) is 23.1. The summed E-state index contributed by atoms with van der Waals surface area (Å²) < 4.78 is 54.9. The van der Waals surface area contributed by atoms with Gasteiger partial charge in [-0.3, -0.25) is 9.58 Å². The maximum atomic E-state index is 14.0. The smallest absolute Gasteiger partial charge is 0.317 e. The summed E-state index contributed by atoms with van der Waals surface area (Å²) in [7, 11) is 3.30. The largest absolute Gasteiger partial charge is 0.435 e. The van der Waals surface area contributed by atoms with Gasteiger partial charge in [0.15, 0.2) is 5.69 Å². The molecule has 2 heterocycles. The van der Waals surface area contributed by atoms with Gasteiger partial charge in [0, 0.05) is 25.2 Å². The van der Waals surface area contributed by atoms with Gasteiger partial charge in [0.2, 0.25) is 0 Å². The molecule has 10 heteroatoms. The van der Waals surface area contributed by atoms with E-state index in [4.69, 9.17) is 0 Å². The minimum atomic E-state index is -4.58. The average Bonchev–Trinajstić information content (AvgIpc) is 3.48. The lowest BCUT2D eigenvalue weighted by Gasteiger charge is -2.48. The molecule has 5 rings (SSSR count). The molecule has 0 atom stereocenters. The molecule has 2 amide bonds. The second-order valence-corrected chi connectivity index (χ2v) is 10.00. The van der Waals surface area contributed by atoms with Gasteiger partial charge in [-0.25, -0.2) is 9.18 Å². The molecule has 3 aliphatic rings. The SMILES string of the molecule is CNC1(c2cccc(F)c2)CCC2(CC1)CN(c1cc(C(F)(F)F)nn1C)C(=O)N2CC1CC1. The minimum absolute atomic E-state index is 0.158. The van der Waals surface area contributed by atoms with Crippen LogP contribution in [0.4, 0.5) is 28.2 Å². The fraction of sp³-hybridized carbons (Fsp3) is 0.583. The number of aromatic nitrogens is 2. The summed E-state index contributed by atoms with van der Waals surface area (Å²) in [6, 6.07) is 7.29. The highest BCUT2D eigenvalue weighted by Gasteiger charge is 2.55. The molecule has 6 nitrogen and oxygen atoms in total. The van der Waals surface area contributed by atoms with Crippen LogP contribution in [0, 0.1) is 11.7 Å². The average molecular weight is 480 g/mol. The molecule has 1 N–H and O–H groups in total. The Labute approximate surface area is 195 Å². The fourth-order valence-corrected chi connectivity index (χ4v) is 5.69. The maximum absolute atomic E-state index is 14.0. The molecule has 0 unspecified atom stereocenters. The van der Waals surface area contributed by atoms with E-state index < -0.39 is 22.9 Å². The van der Waals surface area contributed by atoms with Gasteiger partial charge in [-0.15, -0.1) is 0 Å². The number of carbonyl (C=O) groups excluding carboxylic acids is 1. The molecule has 2 aromatic rings. The summed E-state index contributed by atoms with van der Waals surface area (Å²) in [6.07, 6.45) is 0.267. The molecule has 2 saturated carbocycles. The Morgan fingerprint density at radius 2 is 1.85 bits per heavy atom. The van der Waals surface area contributed by atoms with Gasteiger partial charge >= 0.3 is 12.2 Å². The number of nitrogens with zero attached hydrogens (tertiary/aromatic N) is 4. The number of alkyl halides is 3. The molecular weight excluding hydrogens is 450 g/mol. The van der Waals surface area contributed by atoms with E-state index in [-0.39, 0.29) is 17.7 Å². The van der Waals surface area contributed by atoms with Gasteiger partial charge in [-0.2, -0.15) is 18.3 Å². The summed E-state index contributed by atoms with van der Waals surface area (Å²) >= 11 is 0. The second kappa shape index (κ2) is 7.96. The predicted molar refractivity (Wildman–Crippen MR) is 119 cm³/mol. The Kier molecular flexibility index (Phi) is 5.42. The molecule has 34 heavy (non-hydrogen) atoms. The molecule has 1 spiro atoms. The van der Waals surface area contributed by atoms with Crippen molar-refractivity contribution in [3.63, 3.8) is 0 Å². The maximum Gasteiger partial charge on any atom is 0.435 e. The van der Waals surface area contributed by atoms with E-state index in [1.54, 1.807) is 12.1 Å². The third kappa shape index (κ3) is 3.85. The normalized spacial score (nSPS) is 27.8. The summed E-state index contributed by atoms with van der Waals surface area (Å²) in [6.45, 7) is 0.935. The number of aryl methyl sites for hydroxylation is 1. The topological polar surface area (TPSA) is 53.4 Å². The lowest BCUT2D eigenvalue weighted by Crippen LogP contribution is -2.55. The van der Waals surface area contributed by atoms with Crippen LogP contribution in [0.25, 0.3) is 0 Å². The van der Waals surface area contributed by atoms with E-state index in [2.05, 4.69) is 10.4 Å². The predicted octanol–water partition coefficient (Wildman–Crippen LogP) is 4.66. The van der Waals surface area contributed by atoms with E-state index >= 15 is 0 Å². The van der Waals surface area contributed by atoms with Gasteiger partial charge in [-0.1, -0.05) is 12.1 Å². The Bertz CT molecular complexity index is 1090.